The molecular weight excluding hydrogens is 178 g/mol. The van der Waals surface area contributed by atoms with Crippen LogP contribution in [0.4, 0.5) is 0 Å². The van der Waals surface area contributed by atoms with Crippen molar-refractivity contribution in [1.82, 2.24) is 0 Å². The number of ether oxygens (including phenoxy) is 1. The van der Waals surface area contributed by atoms with Crippen LogP contribution in [0, 0.1) is 17.2 Å². The average Bonchev–Trinajstić information content (AvgIpc) is 2.07. The standard InChI is InChI=1S/C8H6ClNO2/c9-8-2-1-6(12-7(8)11)5(3-8)4-10/h1-2,5-6H,3H2/t5-,6+,8+/m0/s1. The summed E-state index contributed by atoms with van der Waals surface area (Å²) in [5, 5.41) is 8.68. The summed E-state index contributed by atoms with van der Waals surface area (Å²) in [5.74, 6) is -0.714. The number of carbonyl (C=O) groups excluding carboxylic acids is 1. The van der Waals surface area contributed by atoms with E-state index in [1.54, 1.807) is 12.2 Å². The summed E-state index contributed by atoms with van der Waals surface area (Å²) in [5.41, 5.74) is 0. The Morgan fingerprint density at radius 1 is 1.83 bits per heavy atom. The Labute approximate surface area is 74.6 Å². The van der Waals surface area contributed by atoms with Gasteiger partial charge >= 0.3 is 5.97 Å². The predicted octanol–water partition coefficient (Wildman–Crippen LogP) is 0.989. The lowest BCUT2D eigenvalue weighted by Gasteiger charge is -2.38. The lowest BCUT2D eigenvalue weighted by molar-refractivity contribution is -0.157. The van der Waals surface area contributed by atoms with Crippen LogP contribution in [0.1, 0.15) is 6.42 Å². The fraction of sp³-hybridized carbons (Fsp3) is 0.500. The summed E-state index contributed by atoms with van der Waals surface area (Å²) < 4.78 is 4.91. The van der Waals surface area contributed by atoms with Crippen molar-refractivity contribution in [3.05, 3.63) is 12.2 Å². The van der Waals surface area contributed by atoms with Crippen molar-refractivity contribution >= 4 is 17.6 Å². The van der Waals surface area contributed by atoms with Gasteiger partial charge in [-0.05, 0) is 6.08 Å². The molecule has 0 aromatic rings. The van der Waals surface area contributed by atoms with Crippen LogP contribution in [-0.4, -0.2) is 16.9 Å². The third-order valence-electron chi connectivity index (χ3n) is 2.21. The first-order chi connectivity index (χ1) is 5.65. The molecule has 3 aliphatic rings. The summed E-state index contributed by atoms with van der Waals surface area (Å²) in [6.07, 6.45) is 3.29. The van der Waals surface area contributed by atoms with Crippen LogP contribution in [0.5, 0.6) is 0 Å². The molecule has 3 atom stereocenters. The number of nitrogens with zero attached hydrogens (tertiary/aromatic N) is 1. The number of hydrogen-bond acceptors (Lipinski definition) is 3. The topological polar surface area (TPSA) is 50.1 Å². The van der Waals surface area contributed by atoms with Crippen LogP contribution in [0.2, 0.25) is 0 Å². The van der Waals surface area contributed by atoms with Gasteiger partial charge in [0, 0.05) is 6.42 Å². The van der Waals surface area contributed by atoms with Gasteiger partial charge in [-0.3, -0.25) is 0 Å². The van der Waals surface area contributed by atoms with Crippen molar-refractivity contribution in [2.75, 3.05) is 0 Å². The third kappa shape index (κ3) is 0.850. The molecule has 2 aliphatic heterocycles. The SMILES string of the molecule is N#C[C@@H]1C[C@]2(Cl)C=C[C@H]1OC2=O. The molecule has 0 radical (unpaired) electrons. The normalized spacial score (nSPS) is 43.8. The van der Waals surface area contributed by atoms with Gasteiger partial charge in [-0.1, -0.05) is 6.08 Å². The Balaban J connectivity index is 2.38. The van der Waals surface area contributed by atoms with Crippen LogP contribution < -0.4 is 0 Å². The molecule has 0 aromatic carbocycles. The van der Waals surface area contributed by atoms with Gasteiger partial charge in [0.25, 0.3) is 0 Å². The van der Waals surface area contributed by atoms with E-state index < -0.39 is 10.8 Å². The first kappa shape index (κ1) is 7.63. The minimum Gasteiger partial charge on any atom is -0.455 e. The predicted molar refractivity (Wildman–Crippen MR) is 41.3 cm³/mol. The van der Waals surface area contributed by atoms with E-state index in [0.29, 0.717) is 6.42 Å². The highest BCUT2D eigenvalue weighted by molar-refractivity contribution is 6.36. The van der Waals surface area contributed by atoms with Crippen molar-refractivity contribution in [3.8, 4) is 6.07 Å². The second kappa shape index (κ2) is 2.24. The fourth-order valence-corrected chi connectivity index (χ4v) is 1.78. The lowest BCUT2D eigenvalue weighted by Crippen LogP contribution is -2.49. The molecule has 0 saturated carbocycles. The fourth-order valence-electron chi connectivity index (χ4n) is 1.50. The molecule has 0 amide bonds. The number of esters is 1. The number of halogens is 1. The van der Waals surface area contributed by atoms with Crippen molar-refractivity contribution in [1.29, 1.82) is 5.26 Å². The van der Waals surface area contributed by atoms with Gasteiger partial charge in [0.2, 0.25) is 0 Å². The Morgan fingerprint density at radius 2 is 2.58 bits per heavy atom. The van der Waals surface area contributed by atoms with E-state index >= 15 is 0 Å². The van der Waals surface area contributed by atoms with E-state index in [1.807, 2.05) is 0 Å². The minimum atomic E-state index is -1.07. The first-order valence-electron chi connectivity index (χ1n) is 3.65. The number of fused-ring (bicyclic) bond motifs is 2. The van der Waals surface area contributed by atoms with Crippen molar-refractivity contribution < 1.29 is 9.53 Å². The molecule has 4 heteroatoms. The zero-order chi connectivity index (χ0) is 8.77. The van der Waals surface area contributed by atoms with Gasteiger partial charge in [-0.2, -0.15) is 5.26 Å². The molecule has 3 rings (SSSR count). The second-order valence-corrected chi connectivity index (χ2v) is 3.71. The number of nitriles is 1. The van der Waals surface area contributed by atoms with Crippen molar-refractivity contribution in [2.24, 2.45) is 5.92 Å². The number of hydrogen-bond donors (Lipinski definition) is 0. The molecule has 12 heavy (non-hydrogen) atoms. The van der Waals surface area contributed by atoms with E-state index in [2.05, 4.69) is 6.07 Å². The van der Waals surface area contributed by atoms with Crippen molar-refractivity contribution in [3.63, 3.8) is 0 Å². The maximum Gasteiger partial charge on any atom is 0.331 e. The molecule has 1 aliphatic carbocycles. The van der Waals surface area contributed by atoms with Crippen LogP contribution in [0.25, 0.3) is 0 Å². The highest BCUT2D eigenvalue weighted by Crippen LogP contribution is 2.40. The van der Waals surface area contributed by atoms with Gasteiger partial charge in [0.15, 0.2) is 4.87 Å². The van der Waals surface area contributed by atoms with Gasteiger partial charge in [0.05, 0.1) is 12.0 Å². The van der Waals surface area contributed by atoms with Crippen LogP contribution in [0.3, 0.4) is 0 Å². The lowest BCUT2D eigenvalue weighted by atomic mass is 9.82. The van der Waals surface area contributed by atoms with E-state index in [-0.39, 0.29) is 12.0 Å². The second-order valence-electron chi connectivity index (χ2n) is 3.03. The molecule has 1 fully saturated rings. The zero-order valence-corrected chi connectivity index (χ0v) is 6.91. The third-order valence-corrected chi connectivity index (χ3v) is 2.65. The van der Waals surface area contributed by atoms with Gasteiger partial charge in [-0.15, -0.1) is 11.6 Å². The molecular formula is C8H6ClNO2. The minimum absolute atomic E-state index is 0.287. The number of carbonyl (C=O) groups is 1. The Hall–Kier alpha value is -1.01. The smallest absolute Gasteiger partial charge is 0.331 e. The van der Waals surface area contributed by atoms with E-state index in [1.165, 1.54) is 0 Å². The summed E-state index contributed by atoms with van der Waals surface area (Å²) >= 11 is 5.91. The Kier molecular flexibility index (Phi) is 1.42. The summed E-state index contributed by atoms with van der Waals surface area (Å²) in [7, 11) is 0. The average molecular weight is 184 g/mol. The largest absolute Gasteiger partial charge is 0.455 e. The van der Waals surface area contributed by atoms with E-state index in [4.69, 9.17) is 21.6 Å². The molecule has 2 heterocycles. The molecule has 0 unspecified atom stereocenters. The summed E-state index contributed by atoms with van der Waals surface area (Å²) in [6, 6.07) is 2.07. The molecule has 0 spiro atoms. The molecule has 2 bridgehead atoms. The van der Waals surface area contributed by atoms with Gasteiger partial charge < -0.3 is 4.74 Å². The number of rotatable bonds is 0. The van der Waals surface area contributed by atoms with Gasteiger partial charge in [-0.25, -0.2) is 4.79 Å². The zero-order valence-electron chi connectivity index (χ0n) is 6.16. The van der Waals surface area contributed by atoms with E-state index in [0.717, 1.165) is 0 Å². The van der Waals surface area contributed by atoms with Gasteiger partial charge in [0.1, 0.15) is 6.10 Å². The van der Waals surface area contributed by atoms with Crippen LogP contribution in [-0.2, 0) is 9.53 Å². The molecule has 0 N–H and O–H groups in total. The highest BCUT2D eigenvalue weighted by Gasteiger charge is 2.49. The monoisotopic (exact) mass is 183 g/mol. The Morgan fingerprint density at radius 3 is 3.08 bits per heavy atom. The molecule has 1 saturated heterocycles. The quantitative estimate of drug-likeness (QED) is 0.320. The van der Waals surface area contributed by atoms with E-state index in [9.17, 15) is 4.79 Å². The summed E-state index contributed by atoms with van der Waals surface area (Å²) in [4.78, 5) is 10.0. The first-order valence-corrected chi connectivity index (χ1v) is 4.02. The maximum absolute atomic E-state index is 11.1. The Bertz CT molecular complexity index is 307. The molecule has 3 nitrogen and oxygen atoms in total. The van der Waals surface area contributed by atoms with Crippen molar-refractivity contribution in [2.45, 2.75) is 17.4 Å². The van der Waals surface area contributed by atoms with Crippen LogP contribution in [0.15, 0.2) is 12.2 Å². The molecule has 62 valence electrons. The molecule has 0 aromatic heterocycles. The number of alkyl halides is 1. The maximum atomic E-state index is 11.1. The van der Waals surface area contributed by atoms with Crippen LogP contribution >= 0.6 is 11.6 Å². The highest BCUT2D eigenvalue weighted by atomic mass is 35.5. The summed E-state index contributed by atoms with van der Waals surface area (Å²) in [6.45, 7) is 0.